The predicted molar refractivity (Wildman–Crippen MR) is 101 cm³/mol. The molecule has 0 fully saturated rings. The molecule has 0 radical (unpaired) electrons. The Morgan fingerprint density at radius 3 is 2.85 bits per heavy atom. The number of hydrogen-bond donors (Lipinski definition) is 2. The molecule has 0 aliphatic heterocycles. The molecule has 0 spiro atoms. The number of ether oxygens (including phenoxy) is 2. The van der Waals surface area contributed by atoms with E-state index in [9.17, 15) is 4.79 Å². The van der Waals surface area contributed by atoms with E-state index in [1.165, 1.54) is 0 Å². The van der Waals surface area contributed by atoms with E-state index in [4.69, 9.17) is 9.47 Å². The number of carbonyl (C=O) groups is 1. The monoisotopic (exact) mass is 365 g/mol. The minimum Gasteiger partial charge on any atom is -0.493 e. The summed E-state index contributed by atoms with van der Waals surface area (Å²) in [5.41, 5.74) is 2.34. The number of anilines is 1. The largest absolute Gasteiger partial charge is 0.493 e. The normalized spacial score (nSPS) is 10.7. The van der Waals surface area contributed by atoms with Crippen LogP contribution in [-0.2, 0) is 4.79 Å². The summed E-state index contributed by atoms with van der Waals surface area (Å²) in [6.07, 6.45) is 3.89. The Morgan fingerprint density at radius 2 is 2.11 bits per heavy atom. The molecule has 0 aliphatic carbocycles. The zero-order valence-electron chi connectivity index (χ0n) is 15.0. The highest BCUT2D eigenvalue weighted by Gasteiger charge is 2.10. The number of aromatic nitrogens is 4. The molecule has 3 aromatic rings. The molecule has 1 heterocycles. The number of methoxy groups -OCH3 is 1. The van der Waals surface area contributed by atoms with E-state index in [-0.39, 0.29) is 12.5 Å². The molecule has 0 unspecified atom stereocenters. The van der Waals surface area contributed by atoms with Gasteiger partial charge >= 0.3 is 0 Å². The van der Waals surface area contributed by atoms with E-state index in [2.05, 4.69) is 25.9 Å². The third-order valence-electron chi connectivity index (χ3n) is 3.66. The van der Waals surface area contributed by atoms with Crippen molar-refractivity contribution >= 4 is 17.7 Å². The van der Waals surface area contributed by atoms with Gasteiger partial charge in [-0.25, -0.2) is 0 Å². The van der Waals surface area contributed by atoms with Gasteiger partial charge in [-0.3, -0.25) is 4.79 Å². The standard InChI is InChI=1S/C19H19N5O3/c1-3-5-13-8-9-16(17(10-13)26-2)27-12-18(25)20-15-7-4-6-14(11-15)19-21-23-24-22-19/h3-11H,12H2,1-2H3,(H,20,25)(H,21,22,23,24). The fourth-order valence-corrected chi connectivity index (χ4v) is 2.46. The van der Waals surface area contributed by atoms with Gasteiger partial charge in [-0.2, -0.15) is 5.21 Å². The smallest absolute Gasteiger partial charge is 0.262 e. The number of benzene rings is 2. The van der Waals surface area contributed by atoms with Crippen molar-refractivity contribution in [2.45, 2.75) is 6.92 Å². The Bertz CT molecular complexity index is 938. The number of tetrazole rings is 1. The lowest BCUT2D eigenvalue weighted by atomic mass is 10.2. The zero-order chi connectivity index (χ0) is 19.1. The van der Waals surface area contributed by atoms with Crippen molar-refractivity contribution < 1.29 is 14.3 Å². The first-order chi connectivity index (χ1) is 13.2. The van der Waals surface area contributed by atoms with Gasteiger partial charge in [0, 0.05) is 11.3 Å². The zero-order valence-corrected chi connectivity index (χ0v) is 15.0. The Balaban J connectivity index is 1.63. The van der Waals surface area contributed by atoms with Crippen LogP contribution in [0.2, 0.25) is 0 Å². The molecule has 1 aromatic heterocycles. The molecular weight excluding hydrogens is 346 g/mol. The van der Waals surface area contributed by atoms with Crippen LogP contribution in [0.25, 0.3) is 17.5 Å². The number of nitrogens with one attached hydrogen (secondary N) is 2. The van der Waals surface area contributed by atoms with Gasteiger partial charge in [0.15, 0.2) is 18.1 Å². The maximum atomic E-state index is 12.2. The lowest BCUT2D eigenvalue weighted by Gasteiger charge is -2.12. The van der Waals surface area contributed by atoms with E-state index in [1.54, 1.807) is 31.4 Å². The third-order valence-corrected chi connectivity index (χ3v) is 3.66. The molecule has 2 N–H and O–H groups in total. The van der Waals surface area contributed by atoms with Gasteiger partial charge in [-0.1, -0.05) is 30.4 Å². The first kappa shape index (κ1) is 18.1. The fraction of sp³-hybridized carbons (Fsp3) is 0.158. The number of allylic oxidation sites excluding steroid dienone is 1. The molecule has 27 heavy (non-hydrogen) atoms. The van der Waals surface area contributed by atoms with E-state index < -0.39 is 0 Å². The topological polar surface area (TPSA) is 102 Å². The van der Waals surface area contributed by atoms with Crippen LogP contribution < -0.4 is 14.8 Å². The van der Waals surface area contributed by atoms with Crippen LogP contribution in [0.5, 0.6) is 11.5 Å². The SMILES string of the molecule is CC=Cc1ccc(OCC(=O)Nc2cccc(-c3nn[nH]n3)c2)c(OC)c1. The number of amides is 1. The van der Waals surface area contributed by atoms with Gasteiger partial charge in [0.05, 0.1) is 7.11 Å². The van der Waals surface area contributed by atoms with Crippen LogP contribution in [0.1, 0.15) is 12.5 Å². The average Bonchev–Trinajstić information content (AvgIpc) is 3.22. The van der Waals surface area contributed by atoms with Crippen molar-refractivity contribution in [2.24, 2.45) is 0 Å². The van der Waals surface area contributed by atoms with Gasteiger partial charge in [0.2, 0.25) is 5.82 Å². The van der Waals surface area contributed by atoms with Crippen LogP contribution in [0.4, 0.5) is 5.69 Å². The molecule has 2 aromatic carbocycles. The Labute approximate surface area is 156 Å². The lowest BCUT2D eigenvalue weighted by molar-refractivity contribution is -0.118. The molecule has 138 valence electrons. The molecule has 0 atom stereocenters. The van der Waals surface area contributed by atoms with Crippen molar-refractivity contribution in [3.8, 4) is 22.9 Å². The second kappa shape index (κ2) is 8.61. The molecule has 0 aliphatic rings. The molecule has 3 rings (SSSR count). The number of nitrogens with zero attached hydrogens (tertiary/aromatic N) is 3. The second-order valence-electron chi connectivity index (χ2n) is 5.56. The fourth-order valence-electron chi connectivity index (χ4n) is 2.46. The van der Waals surface area contributed by atoms with E-state index >= 15 is 0 Å². The van der Waals surface area contributed by atoms with E-state index in [0.29, 0.717) is 23.0 Å². The summed E-state index contributed by atoms with van der Waals surface area (Å²) in [7, 11) is 1.56. The summed E-state index contributed by atoms with van der Waals surface area (Å²) in [6.45, 7) is 1.79. The van der Waals surface area contributed by atoms with Crippen molar-refractivity contribution in [1.82, 2.24) is 20.6 Å². The molecule has 1 amide bonds. The Hall–Kier alpha value is -3.68. The molecule has 0 saturated heterocycles. The quantitative estimate of drug-likeness (QED) is 0.667. The van der Waals surface area contributed by atoms with E-state index in [0.717, 1.165) is 11.1 Å². The minimum absolute atomic E-state index is 0.147. The van der Waals surface area contributed by atoms with Gasteiger partial charge in [0.1, 0.15) is 0 Å². The number of rotatable bonds is 7. The predicted octanol–water partition coefficient (Wildman–Crippen LogP) is 2.93. The van der Waals surface area contributed by atoms with Gasteiger partial charge in [-0.05, 0) is 42.0 Å². The summed E-state index contributed by atoms with van der Waals surface area (Å²) in [5, 5.41) is 16.5. The first-order valence-corrected chi connectivity index (χ1v) is 8.27. The number of hydrogen-bond acceptors (Lipinski definition) is 6. The van der Waals surface area contributed by atoms with Crippen molar-refractivity contribution in [3.63, 3.8) is 0 Å². The van der Waals surface area contributed by atoms with E-state index in [1.807, 2.05) is 37.3 Å². The summed E-state index contributed by atoms with van der Waals surface area (Å²) >= 11 is 0. The second-order valence-corrected chi connectivity index (χ2v) is 5.56. The van der Waals surface area contributed by atoms with Crippen LogP contribution in [0, 0.1) is 0 Å². The number of H-pyrrole nitrogens is 1. The van der Waals surface area contributed by atoms with Crippen LogP contribution in [0.15, 0.2) is 48.5 Å². The highest BCUT2D eigenvalue weighted by molar-refractivity contribution is 5.92. The highest BCUT2D eigenvalue weighted by Crippen LogP contribution is 2.28. The Morgan fingerprint density at radius 1 is 1.22 bits per heavy atom. The summed E-state index contributed by atoms with van der Waals surface area (Å²) < 4.78 is 10.9. The molecule has 8 nitrogen and oxygen atoms in total. The Kier molecular flexibility index (Phi) is 5.78. The van der Waals surface area contributed by atoms with Crippen molar-refractivity contribution in [3.05, 3.63) is 54.1 Å². The van der Waals surface area contributed by atoms with Gasteiger partial charge in [-0.15, -0.1) is 10.2 Å². The summed E-state index contributed by atoms with van der Waals surface area (Å²) in [5.74, 6) is 1.23. The summed E-state index contributed by atoms with van der Waals surface area (Å²) in [4.78, 5) is 12.2. The highest BCUT2D eigenvalue weighted by atomic mass is 16.5. The van der Waals surface area contributed by atoms with Crippen molar-refractivity contribution in [2.75, 3.05) is 19.0 Å². The lowest BCUT2D eigenvalue weighted by Crippen LogP contribution is -2.20. The third kappa shape index (κ3) is 4.69. The minimum atomic E-state index is -0.292. The first-order valence-electron chi connectivity index (χ1n) is 8.27. The maximum absolute atomic E-state index is 12.2. The van der Waals surface area contributed by atoms with Gasteiger partial charge in [0.25, 0.3) is 5.91 Å². The van der Waals surface area contributed by atoms with Gasteiger partial charge < -0.3 is 14.8 Å². The average molecular weight is 365 g/mol. The number of aromatic amines is 1. The van der Waals surface area contributed by atoms with Crippen LogP contribution in [0.3, 0.4) is 0 Å². The van der Waals surface area contributed by atoms with Crippen LogP contribution >= 0.6 is 0 Å². The maximum Gasteiger partial charge on any atom is 0.262 e. The molecular formula is C19H19N5O3. The summed E-state index contributed by atoms with van der Waals surface area (Å²) in [6, 6.07) is 12.7. The van der Waals surface area contributed by atoms with Crippen LogP contribution in [-0.4, -0.2) is 40.2 Å². The molecule has 0 saturated carbocycles. The molecule has 8 heteroatoms. The molecule has 0 bridgehead atoms. The number of carbonyl (C=O) groups excluding carboxylic acids is 1. The van der Waals surface area contributed by atoms with Crippen molar-refractivity contribution in [1.29, 1.82) is 0 Å².